The van der Waals surface area contributed by atoms with Crippen molar-refractivity contribution >= 4 is 10.9 Å². The first-order valence-electron chi connectivity index (χ1n) is 9.35. The second-order valence-electron chi connectivity index (χ2n) is 6.76. The number of hydrogen-bond acceptors (Lipinski definition) is 2. The molecule has 28 heavy (non-hydrogen) atoms. The molecule has 2 aromatic heterocycles. The van der Waals surface area contributed by atoms with E-state index in [0.717, 1.165) is 33.4 Å². The number of pyridine rings is 2. The van der Waals surface area contributed by atoms with E-state index in [-0.39, 0.29) is 0 Å². The molecule has 0 saturated heterocycles. The molecule has 5 rings (SSSR count). The number of benzene rings is 3. The van der Waals surface area contributed by atoms with Crippen LogP contribution in [0.4, 0.5) is 0 Å². The SMILES string of the molecule is c1ccc(-c2cccc(-c3ccc(-c4ccc5cccnc5c4)cc3)n2)cc1. The van der Waals surface area contributed by atoms with Gasteiger partial charge in [0, 0.05) is 22.7 Å². The van der Waals surface area contributed by atoms with Gasteiger partial charge in [-0.05, 0) is 35.4 Å². The van der Waals surface area contributed by atoms with Crippen LogP contribution >= 0.6 is 0 Å². The Morgan fingerprint density at radius 3 is 1.93 bits per heavy atom. The summed E-state index contributed by atoms with van der Waals surface area (Å²) in [6.45, 7) is 0. The predicted octanol–water partition coefficient (Wildman–Crippen LogP) is 6.63. The lowest BCUT2D eigenvalue weighted by Gasteiger charge is -2.07. The van der Waals surface area contributed by atoms with Crippen molar-refractivity contribution < 1.29 is 0 Å². The van der Waals surface area contributed by atoms with Crippen LogP contribution in [-0.2, 0) is 0 Å². The molecule has 0 aliphatic rings. The molecular formula is C26H18N2. The number of nitrogens with zero attached hydrogens (tertiary/aromatic N) is 2. The molecule has 0 fully saturated rings. The molecule has 0 amide bonds. The van der Waals surface area contributed by atoms with Crippen LogP contribution in [0.1, 0.15) is 0 Å². The van der Waals surface area contributed by atoms with E-state index in [1.54, 1.807) is 0 Å². The molecule has 3 aromatic carbocycles. The summed E-state index contributed by atoms with van der Waals surface area (Å²) in [6, 6.07) is 35.5. The van der Waals surface area contributed by atoms with E-state index < -0.39 is 0 Å². The Morgan fingerprint density at radius 2 is 1.14 bits per heavy atom. The van der Waals surface area contributed by atoms with Crippen molar-refractivity contribution in [2.24, 2.45) is 0 Å². The highest BCUT2D eigenvalue weighted by atomic mass is 14.7. The van der Waals surface area contributed by atoms with Gasteiger partial charge in [-0.3, -0.25) is 4.98 Å². The number of rotatable bonds is 3. The summed E-state index contributed by atoms with van der Waals surface area (Å²) >= 11 is 0. The summed E-state index contributed by atoms with van der Waals surface area (Å²) in [5, 5.41) is 1.16. The van der Waals surface area contributed by atoms with E-state index in [1.165, 1.54) is 11.1 Å². The molecule has 2 nitrogen and oxygen atoms in total. The number of aromatic nitrogens is 2. The van der Waals surface area contributed by atoms with Gasteiger partial charge in [-0.15, -0.1) is 0 Å². The first kappa shape index (κ1) is 16.4. The lowest BCUT2D eigenvalue weighted by atomic mass is 10.0. The molecule has 0 N–H and O–H groups in total. The van der Waals surface area contributed by atoms with Crippen LogP contribution in [0.25, 0.3) is 44.5 Å². The van der Waals surface area contributed by atoms with Gasteiger partial charge in [0.25, 0.3) is 0 Å². The Balaban J connectivity index is 1.48. The molecule has 0 radical (unpaired) electrons. The molecule has 0 saturated carbocycles. The smallest absolute Gasteiger partial charge is 0.0709 e. The summed E-state index contributed by atoms with van der Waals surface area (Å²) in [5.74, 6) is 0. The standard InChI is InChI=1S/C26H18N2/c1-2-6-20(7-3-1)24-9-4-10-25(28-24)22-13-11-19(12-14-22)23-16-15-21-8-5-17-27-26(21)18-23/h1-18H. The highest BCUT2D eigenvalue weighted by molar-refractivity contribution is 5.84. The van der Waals surface area contributed by atoms with Crippen LogP contribution in [0.15, 0.2) is 109 Å². The van der Waals surface area contributed by atoms with Gasteiger partial charge in [0.2, 0.25) is 0 Å². The van der Waals surface area contributed by atoms with Crippen LogP contribution in [0, 0.1) is 0 Å². The van der Waals surface area contributed by atoms with E-state index in [4.69, 9.17) is 4.98 Å². The third kappa shape index (κ3) is 3.17. The molecule has 0 aliphatic heterocycles. The summed E-state index contributed by atoms with van der Waals surface area (Å²) in [4.78, 5) is 9.31. The monoisotopic (exact) mass is 358 g/mol. The van der Waals surface area contributed by atoms with Crippen LogP contribution in [0.5, 0.6) is 0 Å². The fourth-order valence-electron chi connectivity index (χ4n) is 3.44. The van der Waals surface area contributed by atoms with E-state index in [9.17, 15) is 0 Å². The maximum atomic E-state index is 4.85. The third-order valence-electron chi connectivity index (χ3n) is 4.94. The Labute approximate surface area is 164 Å². The third-order valence-corrected chi connectivity index (χ3v) is 4.94. The normalized spacial score (nSPS) is 10.9. The Kier molecular flexibility index (Phi) is 4.15. The summed E-state index contributed by atoms with van der Waals surface area (Å²) in [6.07, 6.45) is 1.83. The van der Waals surface area contributed by atoms with Crippen LogP contribution in [-0.4, -0.2) is 9.97 Å². The highest BCUT2D eigenvalue weighted by Crippen LogP contribution is 2.27. The topological polar surface area (TPSA) is 25.8 Å². The maximum Gasteiger partial charge on any atom is 0.0709 e. The van der Waals surface area contributed by atoms with Gasteiger partial charge in [-0.1, -0.05) is 78.9 Å². The lowest BCUT2D eigenvalue weighted by Crippen LogP contribution is -1.88. The van der Waals surface area contributed by atoms with Crippen molar-refractivity contribution in [1.29, 1.82) is 0 Å². The minimum Gasteiger partial charge on any atom is -0.256 e. The molecule has 0 bridgehead atoms. The largest absolute Gasteiger partial charge is 0.256 e. The molecular weight excluding hydrogens is 340 g/mol. The van der Waals surface area contributed by atoms with Gasteiger partial charge in [0.05, 0.1) is 16.9 Å². The van der Waals surface area contributed by atoms with E-state index in [0.29, 0.717) is 0 Å². The molecule has 2 heterocycles. The average Bonchev–Trinajstić information content (AvgIpc) is 2.79. The first-order chi connectivity index (χ1) is 13.9. The predicted molar refractivity (Wildman–Crippen MR) is 116 cm³/mol. The zero-order valence-electron chi connectivity index (χ0n) is 15.3. The van der Waals surface area contributed by atoms with Gasteiger partial charge >= 0.3 is 0 Å². The quantitative estimate of drug-likeness (QED) is 0.362. The minimum atomic E-state index is 0.980. The first-order valence-corrected chi connectivity index (χ1v) is 9.35. The molecule has 2 heteroatoms. The molecule has 0 unspecified atom stereocenters. The van der Waals surface area contributed by atoms with E-state index in [2.05, 4.69) is 83.8 Å². The Morgan fingerprint density at radius 1 is 0.464 bits per heavy atom. The fourth-order valence-corrected chi connectivity index (χ4v) is 3.44. The van der Waals surface area contributed by atoms with Gasteiger partial charge in [0.1, 0.15) is 0 Å². The van der Waals surface area contributed by atoms with Gasteiger partial charge in [0.15, 0.2) is 0 Å². The number of fused-ring (bicyclic) bond motifs is 1. The summed E-state index contributed by atoms with van der Waals surface area (Å²) in [7, 11) is 0. The second kappa shape index (κ2) is 7.09. The van der Waals surface area contributed by atoms with Crippen molar-refractivity contribution in [3.63, 3.8) is 0 Å². The van der Waals surface area contributed by atoms with Gasteiger partial charge in [-0.25, -0.2) is 4.98 Å². The van der Waals surface area contributed by atoms with Crippen molar-refractivity contribution in [3.05, 3.63) is 109 Å². The van der Waals surface area contributed by atoms with Crippen molar-refractivity contribution in [3.8, 4) is 33.6 Å². The van der Waals surface area contributed by atoms with E-state index >= 15 is 0 Å². The maximum absolute atomic E-state index is 4.85. The van der Waals surface area contributed by atoms with Crippen LogP contribution in [0.3, 0.4) is 0 Å². The molecule has 0 spiro atoms. The van der Waals surface area contributed by atoms with Crippen molar-refractivity contribution in [2.75, 3.05) is 0 Å². The van der Waals surface area contributed by atoms with Crippen molar-refractivity contribution in [2.45, 2.75) is 0 Å². The van der Waals surface area contributed by atoms with Crippen LogP contribution < -0.4 is 0 Å². The number of hydrogen-bond donors (Lipinski definition) is 0. The molecule has 5 aromatic rings. The average molecular weight is 358 g/mol. The highest BCUT2D eigenvalue weighted by Gasteiger charge is 2.05. The zero-order valence-corrected chi connectivity index (χ0v) is 15.3. The van der Waals surface area contributed by atoms with Gasteiger partial charge < -0.3 is 0 Å². The van der Waals surface area contributed by atoms with E-state index in [1.807, 2.05) is 30.5 Å². The van der Waals surface area contributed by atoms with Gasteiger partial charge in [-0.2, -0.15) is 0 Å². The Hall–Kier alpha value is -3.78. The lowest BCUT2D eigenvalue weighted by molar-refractivity contribution is 1.32. The fraction of sp³-hybridized carbons (Fsp3) is 0. The molecule has 0 aliphatic carbocycles. The molecule has 132 valence electrons. The minimum absolute atomic E-state index is 0.980. The van der Waals surface area contributed by atoms with Crippen LogP contribution in [0.2, 0.25) is 0 Å². The second-order valence-corrected chi connectivity index (χ2v) is 6.76. The summed E-state index contributed by atoms with van der Waals surface area (Å²) < 4.78 is 0. The Bertz CT molecular complexity index is 1240. The van der Waals surface area contributed by atoms with Crippen molar-refractivity contribution in [1.82, 2.24) is 9.97 Å². The molecule has 0 atom stereocenters. The summed E-state index contributed by atoms with van der Waals surface area (Å²) in [5.41, 5.74) is 7.57. The zero-order chi connectivity index (χ0) is 18.8.